The fourth-order valence-electron chi connectivity index (χ4n) is 1.04. The lowest BCUT2D eigenvalue weighted by Crippen LogP contribution is -2.40. The molecule has 0 aliphatic rings. The van der Waals surface area contributed by atoms with Crippen molar-refractivity contribution in [3.8, 4) is 11.5 Å². The van der Waals surface area contributed by atoms with Crippen LogP contribution in [0.25, 0.3) is 0 Å². The highest BCUT2D eigenvalue weighted by atomic mass is 32.2. The summed E-state index contributed by atoms with van der Waals surface area (Å²) in [5.74, 6) is -3.61. The van der Waals surface area contributed by atoms with Gasteiger partial charge < -0.3 is 9.47 Å². The van der Waals surface area contributed by atoms with Crippen molar-refractivity contribution in [2.75, 3.05) is 0 Å². The number of ether oxygens (including phenoxy) is 2. The normalized spacial score (nSPS) is 11.6. The zero-order chi connectivity index (χ0) is 17.1. The second-order valence-electron chi connectivity index (χ2n) is 4.02. The van der Waals surface area contributed by atoms with Gasteiger partial charge in [-0.2, -0.15) is 17.2 Å². The van der Waals surface area contributed by atoms with E-state index in [0.717, 1.165) is 24.3 Å². The average Bonchev–Trinajstić information content (AvgIpc) is 2.39. The van der Waals surface area contributed by atoms with Gasteiger partial charge in [-0.1, -0.05) is 6.58 Å². The van der Waals surface area contributed by atoms with Crippen molar-refractivity contribution in [3.63, 3.8) is 0 Å². The van der Waals surface area contributed by atoms with Crippen LogP contribution in [-0.4, -0.2) is 30.2 Å². The molecule has 0 heterocycles. The molecule has 0 amide bonds. The van der Waals surface area contributed by atoms with Crippen LogP contribution < -0.4 is 9.47 Å². The number of carbonyl (C=O) groups is 2. The van der Waals surface area contributed by atoms with Gasteiger partial charge in [-0.15, -0.1) is 0 Å². The zero-order valence-electron chi connectivity index (χ0n) is 11.1. The predicted molar refractivity (Wildman–Crippen MR) is 69.0 cm³/mol. The quantitative estimate of drug-likeness (QED) is 0.376. The third-order valence-electron chi connectivity index (χ3n) is 2.15. The van der Waals surface area contributed by atoms with E-state index in [1.54, 1.807) is 0 Å². The van der Waals surface area contributed by atoms with Crippen LogP contribution in [0.4, 0.5) is 8.78 Å². The lowest BCUT2D eigenvalue weighted by molar-refractivity contribution is -0.151. The van der Waals surface area contributed by atoms with Gasteiger partial charge in [0.15, 0.2) is 0 Å². The van der Waals surface area contributed by atoms with Gasteiger partial charge in [-0.3, -0.25) is 4.55 Å². The Morgan fingerprint density at radius 2 is 1.55 bits per heavy atom. The summed E-state index contributed by atoms with van der Waals surface area (Å²) < 4.78 is 63.8. The van der Waals surface area contributed by atoms with E-state index in [4.69, 9.17) is 9.29 Å². The lowest BCUT2D eigenvalue weighted by Gasteiger charge is -2.12. The van der Waals surface area contributed by atoms with Gasteiger partial charge in [0.05, 0.1) is 0 Å². The fourth-order valence-corrected chi connectivity index (χ4v) is 1.29. The molecule has 1 N–H and O–H groups in total. The largest absolute Gasteiger partial charge is 0.466 e. The molecule has 0 atom stereocenters. The number of hydrogen-bond acceptors (Lipinski definition) is 6. The summed E-state index contributed by atoms with van der Waals surface area (Å²) in [5.41, 5.74) is 0.128. The van der Waals surface area contributed by atoms with Crippen LogP contribution in [0.5, 0.6) is 11.5 Å². The maximum absolute atomic E-state index is 13.0. The Kier molecular flexibility index (Phi) is 4.99. The van der Waals surface area contributed by atoms with Gasteiger partial charge in [0, 0.05) is 5.57 Å². The van der Waals surface area contributed by atoms with Gasteiger partial charge in [0.1, 0.15) is 11.5 Å². The van der Waals surface area contributed by atoms with E-state index in [1.165, 1.54) is 6.92 Å². The molecule has 0 saturated carbocycles. The number of esters is 2. The maximum atomic E-state index is 13.0. The van der Waals surface area contributed by atoms with Crippen LogP contribution in [0.3, 0.4) is 0 Å². The van der Waals surface area contributed by atoms with Crippen LogP contribution >= 0.6 is 0 Å². The predicted octanol–water partition coefficient (Wildman–Crippen LogP) is 1.55. The van der Waals surface area contributed by atoms with Crippen LogP contribution in [0.2, 0.25) is 0 Å². The molecule has 10 heteroatoms. The van der Waals surface area contributed by atoms with E-state index in [0.29, 0.717) is 0 Å². The highest BCUT2D eigenvalue weighted by molar-refractivity contribution is 7.87. The van der Waals surface area contributed by atoms with Crippen LogP contribution in [-0.2, 0) is 19.7 Å². The first-order valence-electron chi connectivity index (χ1n) is 5.50. The smallest absolute Gasteiger partial charge is 0.423 e. The van der Waals surface area contributed by atoms with Gasteiger partial charge in [-0.25, -0.2) is 9.59 Å². The van der Waals surface area contributed by atoms with Crippen molar-refractivity contribution >= 4 is 22.1 Å². The van der Waals surface area contributed by atoms with E-state index >= 15 is 0 Å². The first-order valence-corrected chi connectivity index (χ1v) is 6.94. The topological polar surface area (TPSA) is 107 Å². The van der Waals surface area contributed by atoms with Crippen molar-refractivity contribution in [3.05, 3.63) is 36.4 Å². The summed E-state index contributed by atoms with van der Waals surface area (Å²) in [6, 6.07) is 4.21. The first kappa shape index (κ1) is 17.7. The molecule has 0 aliphatic heterocycles. The van der Waals surface area contributed by atoms with Gasteiger partial charge >= 0.3 is 27.3 Å². The highest BCUT2D eigenvalue weighted by Gasteiger charge is 2.54. The molecule has 0 aromatic heterocycles. The number of benzene rings is 1. The van der Waals surface area contributed by atoms with Crippen molar-refractivity contribution < 1.29 is 40.8 Å². The molecule has 7 nitrogen and oxygen atoms in total. The third kappa shape index (κ3) is 4.09. The van der Waals surface area contributed by atoms with Crippen molar-refractivity contribution in [2.45, 2.75) is 12.2 Å². The third-order valence-corrected chi connectivity index (χ3v) is 2.97. The molecule has 0 radical (unpaired) electrons. The second kappa shape index (κ2) is 6.20. The molecule has 0 fully saturated rings. The summed E-state index contributed by atoms with van der Waals surface area (Å²) in [7, 11) is -5.94. The molecule has 1 aromatic carbocycles. The minimum atomic E-state index is -5.94. The molecule has 0 unspecified atom stereocenters. The second-order valence-corrected chi connectivity index (χ2v) is 5.49. The van der Waals surface area contributed by atoms with E-state index in [1.807, 2.05) is 0 Å². The summed E-state index contributed by atoms with van der Waals surface area (Å²) in [5, 5.41) is -5.10. The average molecular weight is 336 g/mol. The molecular formula is C12H10F2O7S. The van der Waals surface area contributed by atoms with Gasteiger partial charge in [0.2, 0.25) is 0 Å². The number of carbonyl (C=O) groups excluding carboxylic acids is 2. The number of alkyl halides is 2. The molecular weight excluding hydrogens is 326 g/mol. The number of halogens is 2. The first-order chi connectivity index (χ1) is 9.95. The van der Waals surface area contributed by atoms with Gasteiger partial charge in [-0.05, 0) is 31.2 Å². The molecule has 0 spiro atoms. The standard InChI is InChI=1S/C12H10F2O7S/c1-7(2)10(15)20-8-3-5-9(6-4-8)21-11(16)12(13,14)22(17,18)19/h3-6H,1H2,2H3,(H,17,18,19). The Morgan fingerprint density at radius 3 is 1.91 bits per heavy atom. The molecule has 0 bridgehead atoms. The van der Waals surface area contributed by atoms with Gasteiger partial charge in [0.25, 0.3) is 0 Å². The lowest BCUT2D eigenvalue weighted by atomic mass is 10.3. The molecule has 1 aromatic rings. The molecule has 120 valence electrons. The number of hydrogen-bond donors (Lipinski definition) is 1. The molecule has 22 heavy (non-hydrogen) atoms. The summed E-state index contributed by atoms with van der Waals surface area (Å²) >= 11 is 0. The van der Waals surface area contributed by atoms with E-state index < -0.39 is 33.1 Å². The van der Waals surface area contributed by atoms with Crippen LogP contribution in [0.15, 0.2) is 36.4 Å². The Balaban J connectivity index is 2.83. The minimum absolute atomic E-state index is 0.0225. The summed E-state index contributed by atoms with van der Waals surface area (Å²) in [4.78, 5) is 22.2. The SMILES string of the molecule is C=C(C)C(=O)Oc1ccc(OC(=O)C(F)(F)S(=O)(=O)O)cc1. The van der Waals surface area contributed by atoms with Crippen molar-refractivity contribution in [1.82, 2.24) is 0 Å². The Bertz CT molecular complexity index is 707. The fraction of sp³-hybridized carbons (Fsp3) is 0.167. The van der Waals surface area contributed by atoms with E-state index in [-0.39, 0.29) is 11.3 Å². The minimum Gasteiger partial charge on any atom is -0.423 e. The molecule has 0 saturated heterocycles. The number of rotatable bonds is 5. The molecule has 0 aliphatic carbocycles. The van der Waals surface area contributed by atoms with E-state index in [2.05, 4.69) is 11.3 Å². The Hall–Kier alpha value is -2.33. The van der Waals surface area contributed by atoms with Crippen molar-refractivity contribution in [2.24, 2.45) is 0 Å². The van der Waals surface area contributed by atoms with Crippen molar-refractivity contribution in [1.29, 1.82) is 0 Å². The monoisotopic (exact) mass is 336 g/mol. The van der Waals surface area contributed by atoms with Crippen LogP contribution in [0.1, 0.15) is 6.92 Å². The molecule has 1 rings (SSSR count). The maximum Gasteiger partial charge on any atom is 0.466 e. The Morgan fingerprint density at radius 1 is 1.14 bits per heavy atom. The summed E-state index contributed by atoms with van der Waals surface area (Å²) in [6.07, 6.45) is 0. The van der Waals surface area contributed by atoms with E-state index in [9.17, 15) is 26.8 Å². The van der Waals surface area contributed by atoms with Crippen LogP contribution in [0, 0.1) is 0 Å². The highest BCUT2D eigenvalue weighted by Crippen LogP contribution is 2.25. The zero-order valence-corrected chi connectivity index (χ0v) is 11.9. The Labute approximate surface area is 123 Å². The summed E-state index contributed by atoms with van der Waals surface area (Å²) in [6.45, 7) is 4.76.